The second-order valence-corrected chi connectivity index (χ2v) is 7.96. The highest BCUT2D eigenvalue weighted by atomic mass is 32.1. The Bertz CT molecular complexity index is 649. The van der Waals surface area contributed by atoms with Crippen molar-refractivity contribution in [3.63, 3.8) is 0 Å². The maximum Gasteiger partial charge on any atom is 0.252 e. The van der Waals surface area contributed by atoms with Gasteiger partial charge in [-0.25, -0.2) is 0 Å². The Morgan fingerprint density at radius 2 is 1.83 bits per heavy atom. The first-order chi connectivity index (χ1) is 10.8. The molecule has 1 aromatic heterocycles. The van der Waals surface area contributed by atoms with Crippen LogP contribution in [0.25, 0.3) is 0 Å². The summed E-state index contributed by atoms with van der Waals surface area (Å²) in [5.41, 5.74) is 3.40. The van der Waals surface area contributed by atoms with E-state index in [1.807, 2.05) is 11.4 Å². The van der Waals surface area contributed by atoms with Crippen molar-refractivity contribution in [3.05, 3.63) is 57.3 Å². The molecule has 0 aliphatic heterocycles. The number of thiophene rings is 1. The number of rotatable bonds is 5. The van der Waals surface area contributed by atoms with Gasteiger partial charge in [0.2, 0.25) is 0 Å². The Balaban J connectivity index is 2.11. The maximum absolute atomic E-state index is 12.4. The fraction of sp³-hybridized carbons (Fsp3) is 0.450. The summed E-state index contributed by atoms with van der Waals surface area (Å²) in [7, 11) is 0. The summed E-state index contributed by atoms with van der Waals surface area (Å²) in [6.07, 6.45) is 1.86. The lowest BCUT2D eigenvalue weighted by Crippen LogP contribution is -2.27. The standard InChI is InChI=1S/C20H27NOS/c1-6-17-12-15(13-23-17)19(22)21-18(7-2)14-8-10-16(11-9-14)20(3,4)5/h8-13,18H,6-7H2,1-5H3,(H,21,22)/t18-/m0/s1. The van der Waals surface area contributed by atoms with E-state index in [1.54, 1.807) is 11.3 Å². The van der Waals surface area contributed by atoms with Crippen molar-refractivity contribution < 1.29 is 4.79 Å². The van der Waals surface area contributed by atoms with Crippen molar-refractivity contribution in [1.82, 2.24) is 5.32 Å². The molecular formula is C20H27NOS. The molecule has 1 aromatic carbocycles. The van der Waals surface area contributed by atoms with Crippen molar-refractivity contribution in [2.45, 2.75) is 58.9 Å². The van der Waals surface area contributed by atoms with E-state index < -0.39 is 0 Å². The minimum absolute atomic E-state index is 0.0210. The maximum atomic E-state index is 12.4. The summed E-state index contributed by atoms with van der Waals surface area (Å²) in [6, 6.07) is 10.7. The van der Waals surface area contributed by atoms with Crippen LogP contribution in [0.15, 0.2) is 35.7 Å². The molecule has 1 N–H and O–H groups in total. The molecule has 1 amide bonds. The van der Waals surface area contributed by atoms with E-state index in [-0.39, 0.29) is 17.4 Å². The van der Waals surface area contributed by atoms with Crippen LogP contribution in [0.1, 0.15) is 73.4 Å². The van der Waals surface area contributed by atoms with Gasteiger partial charge >= 0.3 is 0 Å². The Morgan fingerprint density at radius 1 is 1.17 bits per heavy atom. The van der Waals surface area contributed by atoms with Gasteiger partial charge in [-0.3, -0.25) is 4.79 Å². The molecule has 2 aromatic rings. The van der Waals surface area contributed by atoms with Gasteiger partial charge in [0.15, 0.2) is 0 Å². The Hall–Kier alpha value is -1.61. The minimum atomic E-state index is 0.0210. The van der Waals surface area contributed by atoms with Crippen LogP contribution in [0.5, 0.6) is 0 Å². The van der Waals surface area contributed by atoms with E-state index >= 15 is 0 Å². The van der Waals surface area contributed by atoms with E-state index in [4.69, 9.17) is 0 Å². The van der Waals surface area contributed by atoms with Crippen LogP contribution < -0.4 is 5.32 Å². The lowest BCUT2D eigenvalue weighted by Gasteiger charge is -2.21. The van der Waals surface area contributed by atoms with Crippen LogP contribution in [-0.2, 0) is 11.8 Å². The van der Waals surface area contributed by atoms with Crippen LogP contribution in [-0.4, -0.2) is 5.91 Å². The molecule has 23 heavy (non-hydrogen) atoms. The van der Waals surface area contributed by atoms with Gasteiger partial charge in [0.05, 0.1) is 11.6 Å². The van der Waals surface area contributed by atoms with Crippen molar-refractivity contribution >= 4 is 17.2 Å². The summed E-state index contributed by atoms with van der Waals surface area (Å²) in [5, 5.41) is 5.11. The van der Waals surface area contributed by atoms with Crippen LogP contribution in [0.4, 0.5) is 0 Å². The first-order valence-corrected chi connectivity index (χ1v) is 9.21. The summed E-state index contributed by atoms with van der Waals surface area (Å²) >= 11 is 1.65. The average Bonchev–Trinajstić information content (AvgIpc) is 3.01. The summed E-state index contributed by atoms with van der Waals surface area (Å²) in [6.45, 7) is 10.8. The lowest BCUT2D eigenvalue weighted by atomic mass is 9.86. The molecule has 3 heteroatoms. The number of carbonyl (C=O) groups is 1. The van der Waals surface area contributed by atoms with Gasteiger partial charge in [-0.1, -0.05) is 58.9 Å². The number of aryl methyl sites for hydroxylation is 1. The second-order valence-electron chi connectivity index (χ2n) is 6.96. The molecule has 0 spiro atoms. The molecule has 2 rings (SSSR count). The zero-order valence-corrected chi connectivity index (χ0v) is 15.6. The van der Waals surface area contributed by atoms with Crippen LogP contribution in [0, 0.1) is 0 Å². The topological polar surface area (TPSA) is 29.1 Å². The highest BCUT2D eigenvalue weighted by Gasteiger charge is 2.17. The van der Waals surface area contributed by atoms with Crippen LogP contribution in [0.2, 0.25) is 0 Å². The molecule has 0 saturated heterocycles. The smallest absolute Gasteiger partial charge is 0.252 e. The molecule has 0 fully saturated rings. The van der Waals surface area contributed by atoms with Gasteiger partial charge in [-0.05, 0) is 35.4 Å². The second kappa shape index (κ2) is 7.31. The quantitative estimate of drug-likeness (QED) is 0.772. The third-order valence-electron chi connectivity index (χ3n) is 4.16. The molecule has 1 heterocycles. The van der Waals surface area contributed by atoms with Crippen molar-refractivity contribution in [2.24, 2.45) is 0 Å². The van der Waals surface area contributed by atoms with Gasteiger partial charge in [-0.2, -0.15) is 0 Å². The molecule has 0 radical (unpaired) electrons. The summed E-state index contributed by atoms with van der Waals surface area (Å²) < 4.78 is 0. The van der Waals surface area contributed by atoms with Gasteiger partial charge in [-0.15, -0.1) is 11.3 Å². The fourth-order valence-corrected chi connectivity index (χ4v) is 3.38. The van der Waals surface area contributed by atoms with Crippen molar-refractivity contribution in [1.29, 1.82) is 0 Å². The third-order valence-corrected chi connectivity index (χ3v) is 5.24. The van der Waals surface area contributed by atoms with Gasteiger partial charge in [0.1, 0.15) is 0 Å². The molecule has 0 aliphatic carbocycles. The van der Waals surface area contributed by atoms with Gasteiger partial charge in [0, 0.05) is 10.3 Å². The number of hydrogen-bond donors (Lipinski definition) is 1. The molecule has 0 aliphatic rings. The van der Waals surface area contributed by atoms with Gasteiger partial charge < -0.3 is 5.32 Å². The number of benzene rings is 1. The third kappa shape index (κ3) is 4.44. The Morgan fingerprint density at radius 3 is 2.30 bits per heavy atom. The van der Waals surface area contributed by atoms with E-state index in [1.165, 1.54) is 16.0 Å². The van der Waals surface area contributed by atoms with E-state index in [9.17, 15) is 4.79 Å². The van der Waals surface area contributed by atoms with E-state index in [2.05, 4.69) is 64.2 Å². The molecule has 2 nitrogen and oxygen atoms in total. The van der Waals surface area contributed by atoms with Crippen LogP contribution in [0.3, 0.4) is 0 Å². The van der Waals surface area contributed by atoms with E-state index in [0.29, 0.717) is 0 Å². The SMILES string of the molecule is CCc1cc(C(=O)N[C@@H](CC)c2ccc(C(C)(C)C)cc2)cs1. The number of hydrogen-bond acceptors (Lipinski definition) is 2. The predicted molar refractivity (Wildman–Crippen MR) is 99.3 cm³/mol. The lowest BCUT2D eigenvalue weighted by molar-refractivity contribution is 0.0936. The van der Waals surface area contributed by atoms with E-state index in [0.717, 1.165) is 18.4 Å². The minimum Gasteiger partial charge on any atom is -0.345 e. The first-order valence-electron chi connectivity index (χ1n) is 8.33. The first kappa shape index (κ1) is 17.7. The Labute approximate surface area is 143 Å². The largest absolute Gasteiger partial charge is 0.345 e. The molecule has 124 valence electrons. The summed E-state index contributed by atoms with van der Waals surface area (Å²) in [4.78, 5) is 13.7. The highest BCUT2D eigenvalue weighted by Crippen LogP contribution is 2.25. The molecule has 1 atom stereocenters. The number of nitrogens with one attached hydrogen (secondary N) is 1. The number of amides is 1. The zero-order chi connectivity index (χ0) is 17.0. The monoisotopic (exact) mass is 329 g/mol. The highest BCUT2D eigenvalue weighted by molar-refractivity contribution is 7.10. The fourth-order valence-electron chi connectivity index (χ4n) is 2.56. The zero-order valence-electron chi connectivity index (χ0n) is 14.8. The van der Waals surface area contributed by atoms with Crippen molar-refractivity contribution in [3.8, 4) is 0 Å². The number of carbonyl (C=O) groups excluding carboxylic acids is 1. The Kier molecular flexibility index (Phi) is 5.64. The summed E-state index contributed by atoms with van der Waals surface area (Å²) in [5.74, 6) is 0.0210. The van der Waals surface area contributed by atoms with Gasteiger partial charge in [0.25, 0.3) is 5.91 Å². The molecule has 0 saturated carbocycles. The molecule has 0 unspecified atom stereocenters. The molecule has 0 bridgehead atoms. The van der Waals surface area contributed by atoms with Crippen LogP contribution >= 0.6 is 11.3 Å². The van der Waals surface area contributed by atoms with Crippen molar-refractivity contribution in [2.75, 3.05) is 0 Å². The predicted octanol–water partition coefficient (Wildman–Crippen LogP) is 5.49. The molecular weight excluding hydrogens is 302 g/mol. The normalized spacial score (nSPS) is 12.9. The average molecular weight is 330 g/mol.